The number of ether oxygens (including phenoxy) is 1. The molecule has 3 aromatic carbocycles. The lowest BCUT2D eigenvalue weighted by Gasteiger charge is -2.10. The van der Waals surface area contributed by atoms with Crippen LogP contribution in [0, 0.1) is 0 Å². The molecule has 0 aliphatic carbocycles. The van der Waals surface area contributed by atoms with E-state index in [1.165, 1.54) is 0 Å². The summed E-state index contributed by atoms with van der Waals surface area (Å²) in [7, 11) is 1.61. The normalized spacial score (nSPS) is 10.7. The van der Waals surface area contributed by atoms with Crippen molar-refractivity contribution in [2.45, 2.75) is 0 Å². The Bertz CT molecular complexity index is 1340. The number of hydrogen-bond donors (Lipinski definition) is 2. The second-order valence-corrected chi connectivity index (χ2v) is 6.99. The third-order valence-electron chi connectivity index (χ3n) is 4.96. The average molecular weight is 421 g/mol. The van der Waals surface area contributed by atoms with Crippen LogP contribution >= 0.6 is 0 Å². The highest BCUT2D eigenvalue weighted by Gasteiger charge is 2.13. The first-order valence-corrected chi connectivity index (χ1v) is 9.98. The van der Waals surface area contributed by atoms with Gasteiger partial charge in [0.25, 0.3) is 0 Å². The number of tetrazole rings is 1. The van der Waals surface area contributed by atoms with Gasteiger partial charge in [0, 0.05) is 17.4 Å². The minimum Gasteiger partial charge on any atom is -0.496 e. The van der Waals surface area contributed by atoms with Crippen LogP contribution in [0.2, 0.25) is 0 Å². The lowest BCUT2D eigenvalue weighted by molar-refractivity contribution is 0.416. The van der Waals surface area contributed by atoms with E-state index in [-0.39, 0.29) is 0 Å². The summed E-state index contributed by atoms with van der Waals surface area (Å²) < 4.78 is 5.44. The third-order valence-corrected chi connectivity index (χ3v) is 4.96. The van der Waals surface area contributed by atoms with E-state index in [0.717, 1.165) is 33.6 Å². The number of hydrogen-bond acceptors (Lipinski definition) is 7. The Labute approximate surface area is 184 Å². The minimum absolute atomic E-state index is 0.453. The Morgan fingerprint density at radius 2 is 1.72 bits per heavy atom. The summed E-state index contributed by atoms with van der Waals surface area (Å²) in [5.74, 6) is 1.61. The first kappa shape index (κ1) is 19.4. The topological polar surface area (TPSA) is 101 Å². The standard InChI is InChI=1S/C24H19N7O/c1-32-22-11-10-18(15-20(22)23-28-30-31-29-23)21-12-13-25-24(27-21)26-19-9-5-8-17(14-19)16-6-3-2-4-7-16/h2-15H,1H3,(H,25,26,27)(H,28,29,30,31). The van der Waals surface area contributed by atoms with Crippen LogP contribution in [0.25, 0.3) is 33.8 Å². The number of anilines is 2. The van der Waals surface area contributed by atoms with E-state index in [1.807, 2.05) is 54.6 Å². The Morgan fingerprint density at radius 3 is 2.53 bits per heavy atom. The first-order valence-electron chi connectivity index (χ1n) is 9.98. The molecule has 0 saturated carbocycles. The van der Waals surface area contributed by atoms with Crippen molar-refractivity contribution in [3.63, 3.8) is 0 Å². The molecule has 156 valence electrons. The molecule has 32 heavy (non-hydrogen) atoms. The van der Waals surface area contributed by atoms with E-state index in [2.05, 4.69) is 55.2 Å². The first-order chi connectivity index (χ1) is 15.8. The molecular formula is C24H19N7O. The molecule has 0 unspecified atom stereocenters. The maximum Gasteiger partial charge on any atom is 0.227 e. The number of H-pyrrole nitrogens is 1. The fourth-order valence-corrected chi connectivity index (χ4v) is 3.43. The maximum absolute atomic E-state index is 5.44. The summed E-state index contributed by atoms with van der Waals surface area (Å²) >= 11 is 0. The van der Waals surface area contributed by atoms with Crippen LogP contribution in [-0.2, 0) is 0 Å². The summed E-state index contributed by atoms with van der Waals surface area (Å²) in [4.78, 5) is 9.07. The molecular weight excluding hydrogens is 402 g/mol. The molecule has 0 radical (unpaired) electrons. The van der Waals surface area contributed by atoms with Gasteiger partial charge in [-0.1, -0.05) is 42.5 Å². The molecule has 0 amide bonds. The number of rotatable bonds is 6. The highest BCUT2D eigenvalue weighted by molar-refractivity contribution is 5.74. The van der Waals surface area contributed by atoms with Gasteiger partial charge in [-0.2, -0.15) is 5.21 Å². The molecule has 5 aromatic rings. The quantitative estimate of drug-likeness (QED) is 0.408. The Hall–Kier alpha value is -4.59. The number of methoxy groups -OCH3 is 1. The van der Waals surface area contributed by atoms with Crippen LogP contribution in [0.1, 0.15) is 0 Å². The van der Waals surface area contributed by atoms with Crippen molar-refractivity contribution < 1.29 is 4.74 Å². The van der Waals surface area contributed by atoms with Gasteiger partial charge >= 0.3 is 0 Å². The molecule has 0 spiro atoms. The fourth-order valence-electron chi connectivity index (χ4n) is 3.43. The minimum atomic E-state index is 0.453. The molecule has 0 saturated heterocycles. The van der Waals surface area contributed by atoms with Crippen LogP contribution in [0.15, 0.2) is 85.1 Å². The van der Waals surface area contributed by atoms with Crippen LogP contribution in [-0.4, -0.2) is 37.7 Å². The molecule has 0 atom stereocenters. The van der Waals surface area contributed by atoms with Crippen LogP contribution < -0.4 is 10.1 Å². The van der Waals surface area contributed by atoms with Gasteiger partial charge in [0.15, 0.2) is 0 Å². The number of nitrogens with zero attached hydrogens (tertiary/aromatic N) is 5. The number of aromatic amines is 1. The highest BCUT2D eigenvalue weighted by atomic mass is 16.5. The predicted octanol–water partition coefficient (Wildman–Crippen LogP) is 4.74. The SMILES string of the molecule is COc1ccc(-c2ccnc(Nc3cccc(-c4ccccc4)c3)n2)cc1-c1nn[nH]n1. The second kappa shape index (κ2) is 8.65. The Kier molecular flexibility index (Phi) is 5.24. The van der Waals surface area contributed by atoms with Crippen molar-refractivity contribution in [1.29, 1.82) is 0 Å². The molecule has 2 heterocycles. The van der Waals surface area contributed by atoms with Gasteiger partial charge in [0.2, 0.25) is 11.8 Å². The summed E-state index contributed by atoms with van der Waals surface area (Å²) in [5, 5.41) is 17.5. The second-order valence-electron chi connectivity index (χ2n) is 6.99. The summed E-state index contributed by atoms with van der Waals surface area (Å²) in [5.41, 5.74) is 5.54. The predicted molar refractivity (Wildman–Crippen MR) is 122 cm³/mol. The zero-order valence-electron chi connectivity index (χ0n) is 17.2. The van der Waals surface area contributed by atoms with Gasteiger partial charge in [-0.15, -0.1) is 10.2 Å². The Balaban J connectivity index is 1.44. The van der Waals surface area contributed by atoms with E-state index in [0.29, 0.717) is 17.5 Å². The molecule has 0 fully saturated rings. The third kappa shape index (κ3) is 4.01. The molecule has 5 rings (SSSR count). The zero-order valence-corrected chi connectivity index (χ0v) is 17.2. The van der Waals surface area contributed by atoms with Crippen molar-refractivity contribution in [3.05, 3.63) is 85.1 Å². The van der Waals surface area contributed by atoms with E-state index in [9.17, 15) is 0 Å². The monoisotopic (exact) mass is 421 g/mol. The number of nitrogens with one attached hydrogen (secondary N) is 2. The van der Waals surface area contributed by atoms with E-state index < -0.39 is 0 Å². The van der Waals surface area contributed by atoms with Gasteiger partial charge in [0.1, 0.15) is 5.75 Å². The average Bonchev–Trinajstić information content (AvgIpc) is 3.39. The lowest BCUT2D eigenvalue weighted by atomic mass is 10.1. The van der Waals surface area contributed by atoms with Gasteiger partial charge in [-0.05, 0) is 52.7 Å². The van der Waals surface area contributed by atoms with Gasteiger partial charge in [0.05, 0.1) is 18.4 Å². The molecule has 2 N–H and O–H groups in total. The fraction of sp³-hybridized carbons (Fsp3) is 0.0417. The largest absolute Gasteiger partial charge is 0.496 e. The summed E-state index contributed by atoms with van der Waals surface area (Å²) in [6.07, 6.45) is 1.73. The van der Waals surface area contributed by atoms with E-state index in [1.54, 1.807) is 13.3 Å². The number of aromatic nitrogens is 6. The van der Waals surface area contributed by atoms with Crippen LogP contribution in [0.4, 0.5) is 11.6 Å². The van der Waals surface area contributed by atoms with E-state index >= 15 is 0 Å². The number of benzene rings is 3. The highest BCUT2D eigenvalue weighted by Crippen LogP contribution is 2.32. The Morgan fingerprint density at radius 1 is 0.844 bits per heavy atom. The van der Waals surface area contributed by atoms with Crippen molar-refractivity contribution in [2.24, 2.45) is 0 Å². The van der Waals surface area contributed by atoms with E-state index in [4.69, 9.17) is 9.72 Å². The molecule has 0 bridgehead atoms. The zero-order chi connectivity index (χ0) is 21.8. The van der Waals surface area contributed by atoms with Gasteiger partial charge in [-0.25, -0.2) is 9.97 Å². The molecule has 2 aromatic heterocycles. The maximum atomic E-state index is 5.44. The van der Waals surface area contributed by atoms with Crippen LogP contribution in [0.3, 0.4) is 0 Å². The molecule has 8 heteroatoms. The molecule has 8 nitrogen and oxygen atoms in total. The van der Waals surface area contributed by atoms with Crippen molar-refractivity contribution in [1.82, 2.24) is 30.6 Å². The van der Waals surface area contributed by atoms with Crippen molar-refractivity contribution >= 4 is 11.6 Å². The lowest BCUT2D eigenvalue weighted by Crippen LogP contribution is -1.98. The van der Waals surface area contributed by atoms with Crippen LogP contribution in [0.5, 0.6) is 5.75 Å². The van der Waals surface area contributed by atoms with Crippen molar-refractivity contribution in [2.75, 3.05) is 12.4 Å². The van der Waals surface area contributed by atoms with Crippen molar-refractivity contribution in [3.8, 4) is 39.5 Å². The van der Waals surface area contributed by atoms with Gasteiger partial charge < -0.3 is 10.1 Å². The summed E-state index contributed by atoms with van der Waals surface area (Å²) in [6.45, 7) is 0. The smallest absolute Gasteiger partial charge is 0.227 e. The summed E-state index contributed by atoms with van der Waals surface area (Å²) in [6, 6.07) is 26.0. The van der Waals surface area contributed by atoms with Gasteiger partial charge in [-0.3, -0.25) is 0 Å². The molecule has 0 aliphatic heterocycles. The molecule has 0 aliphatic rings.